The maximum atomic E-state index is 14.4. The van der Waals surface area contributed by atoms with Crippen molar-refractivity contribution in [2.75, 3.05) is 4.90 Å². The van der Waals surface area contributed by atoms with Crippen molar-refractivity contribution in [2.24, 2.45) is 0 Å². The van der Waals surface area contributed by atoms with Crippen molar-refractivity contribution in [2.45, 2.75) is 50.9 Å². The average molecular weight is 556 g/mol. The monoisotopic (exact) mass is 555 g/mol. The van der Waals surface area contributed by atoms with Gasteiger partial charge in [-0.1, -0.05) is 30.2 Å². The Labute approximate surface area is 227 Å². The maximum absolute atomic E-state index is 14.4. The van der Waals surface area contributed by atoms with Crippen LogP contribution in [-0.4, -0.2) is 26.5 Å². The smallest absolute Gasteiger partial charge is 0.418 e. The number of imidazole rings is 1. The Morgan fingerprint density at radius 2 is 1.67 bits per heavy atom. The molecule has 0 bridgehead atoms. The number of hydrogen-bond acceptors (Lipinski definition) is 3. The number of para-hydroxylation sites is 2. The Morgan fingerprint density at radius 3 is 2.28 bits per heavy atom. The first-order valence-corrected chi connectivity index (χ1v) is 12.9. The first kappa shape index (κ1) is 26.7. The number of benzene rings is 3. The van der Waals surface area contributed by atoms with Gasteiger partial charge in [-0.25, -0.2) is 9.78 Å². The van der Waals surface area contributed by atoms with Crippen molar-refractivity contribution in [1.29, 1.82) is 0 Å². The Balaban J connectivity index is 1.85. The molecule has 0 aliphatic heterocycles. The second-order valence-corrected chi connectivity index (χ2v) is 10.1. The number of rotatable bonds is 5. The molecule has 0 unspecified atom stereocenters. The van der Waals surface area contributed by atoms with Crippen LogP contribution in [0.2, 0.25) is 5.02 Å². The van der Waals surface area contributed by atoms with Crippen molar-refractivity contribution in [3.63, 3.8) is 0 Å². The van der Waals surface area contributed by atoms with Gasteiger partial charge in [0.05, 0.1) is 27.8 Å². The molecule has 3 aromatic carbocycles. The number of carbonyl (C=O) groups excluding carboxylic acids is 1. The number of carboxylic acids is 1. The van der Waals surface area contributed by atoms with Gasteiger partial charge in [0, 0.05) is 17.5 Å². The van der Waals surface area contributed by atoms with Gasteiger partial charge >= 0.3 is 12.1 Å². The van der Waals surface area contributed by atoms with E-state index in [1.54, 1.807) is 24.3 Å². The van der Waals surface area contributed by atoms with Gasteiger partial charge < -0.3 is 5.11 Å². The van der Waals surface area contributed by atoms with E-state index in [0.717, 1.165) is 18.6 Å². The van der Waals surface area contributed by atoms with Crippen LogP contribution in [0.25, 0.3) is 22.4 Å². The van der Waals surface area contributed by atoms with Crippen LogP contribution in [-0.2, 0) is 16.6 Å². The lowest BCUT2D eigenvalue weighted by molar-refractivity contribution is -0.137. The van der Waals surface area contributed by atoms with E-state index in [-0.39, 0.29) is 5.69 Å². The van der Waals surface area contributed by atoms with Crippen molar-refractivity contribution >= 4 is 40.2 Å². The number of nitrogens with zero attached hydrogens (tertiary/aromatic N) is 3. The molecule has 1 aliphatic rings. The average Bonchev–Trinajstić information content (AvgIpc) is 3.29. The predicted molar refractivity (Wildman–Crippen MR) is 143 cm³/mol. The molecule has 39 heavy (non-hydrogen) atoms. The maximum Gasteiger partial charge on any atom is 0.418 e. The lowest BCUT2D eigenvalue weighted by Gasteiger charge is -2.48. The van der Waals surface area contributed by atoms with Crippen LogP contribution < -0.4 is 4.90 Å². The number of amides is 1. The molecule has 1 aromatic heterocycles. The molecule has 1 aliphatic carbocycles. The molecule has 4 aromatic rings. The van der Waals surface area contributed by atoms with E-state index in [2.05, 4.69) is 0 Å². The van der Waals surface area contributed by atoms with E-state index in [1.165, 1.54) is 11.8 Å². The zero-order valence-corrected chi connectivity index (χ0v) is 21.8. The van der Waals surface area contributed by atoms with Crippen molar-refractivity contribution in [3.8, 4) is 11.4 Å². The Bertz CT molecular complexity index is 1560. The number of anilines is 1. The topological polar surface area (TPSA) is 75.4 Å². The number of aromatic nitrogens is 2. The highest BCUT2D eigenvalue weighted by molar-refractivity contribution is 6.30. The molecule has 1 amide bonds. The number of fused-ring (bicyclic) bond motifs is 1. The third kappa shape index (κ3) is 4.76. The SMILES string of the molecule is CC(=O)N(c1ccc(C(=O)O)cc1C(F)(F)F)C1(n2c(-c3ccc(Cl)cc3)nc3ccccc32)CCCCC1. The Kier molecular flexibility index (Phi) is 6.88. The van der Waals surface area contributed by atoms with E-state index in [0.29, 0.717) is 59.2 Å². The van der Waals surface area contributed by atoms with Crippen LogP contribution in [0.15, 0.2) is 66.7 Å². The molecule has 0 saturated heterocycles. The van der Waals surface area contributed by atoms with Gasteiger partial charge in [0.15, 0.2) is 0 Å². The fraction of sp³-hybridized carbons (Fsp3) is 0.276. The van der Waals surface area contributed by atoms with E-state index < -0.39 is 34.8 Å². The van der Waals surface area contributed by atoms with Crippen LogP contribution in [0.5, 0.6) is 0 Å². The second-order valence-electron chi connectivity index (χ2n) is 9.70. The van der Waals surface area contributed by atoms with Crippen LogP contribution >= 0.6 is 11.6 Å². The van der Waals surface area contributed by atoms with E-state index in [1.807, 2.05) is 28.8 Å². The Morgan fingerprint density at radius 1 is 1.00 bits per heavy atom. The highest BCUT2D eigenvalue weighted by Crippen LogP contribution is 2.48. The number of carbonyl (C=O) groups is 2. The van der Waals surface area contributed by atoms with Gasteiger partial charge in [-0.2, -0.15) is 13.2 Å². The number of alkyl halides is 3. The number of halogens is 4. The van der Waals surface area contributed by atoms with E-state index >= 15 is 0 Å². The summed E-state index contributed by atoms with van der Waals surface area (Å²) in [7, 11) is 0. The number of aromatic carboxylic acids is 1. The zero-order chi connectivity index (χ0) is 27.9. The summed E-state index contributed by atoms with van der Waals surface area (Å²) in [6.45, 7) is 1.24. The van der Waals surface area contributed by atoms with Gasteiger partial charge in [-0.15, -0.1) is 0 Å². The minimum absolute atomic E-state index is 0.380. The largest absolute Gasteiger partial charge is 0.478 e. The molecular formula is C29H25ClF3N3O3. The normalized spacial score (nSPS) is 15.3. The molecule has 0 atom stereocenters. The first-order chi connectivity index (χ1) is 18.5. The van der Waals surface area contributed by atoms with Gasteiger partial charge in [0.2, 0.25) is 5.91 Å². The van der Waals surface area contributed by atoms with Crippen molar-refractivity contribution < 1.29 is 27.9 Å². The van der Waals surface area contributed by atoms with E-state index in [4.69, 9.17) is 16.6 Å². The molecule has 1 fully saturated rings. The van der Waals surface area contributed by atoms with E-state index in [9.17, 15) is 27.9 Å². The van der Waals surface area contributed by atoms with Gasteiger partial charge in [-0.3, -0.25) is 14.3 Å². The first-order valence-electron chi connectivity index (χ1n) is 12.5. The molecule has 1 saturated carbocycles. The van der Waals surface area contributed by atoms with Gasteiger partial charge in [-0.05, 0) is 80.3 Å². The minimum atomic E-state index is -4.90. The summed E-state index contributed by atoms with van der Waals surface area (Å²) >= 11 is 6.13. The third-order valence-corrected chi connectivity index (χ3v) is 7.51. The molecular weight excluding hydrogens is 531 g/mol. The molecule has 0 spiro atoms. The fourth-order valence-electron chi connectivity index (χ4n) is 5.68. The quantitative estimate of drug-likeness (QED) is 0.273. The summed E-state index contributed by atoms with van der Waals surface area (Å²) in [6.07, 6.45) is -1.94. The summed E-state index contributed by atoms with van der Waals surface area (Å²) in [6, 6.07) is 17.1. The second kappa shape index (κ2) is 10.0. The molecule has 1 N–H and O–H groups in total. The molecule has 10 heteroatoms. The highest BCUT2D eigenvalue weighted by Gasteiger charge is 2.47. The summed E-state index contributed by atoms with van der Waals surface area (Å²) in [5.74, 6) is -1.58. The van der Waals surface area contributed by atoms with Crippen molar-refractivity contribution in [3.05, 3.63) is 82.9 Å². The third-order valence-electron chi connectivity index (χ3n) is 7.25. The van der Waals surface area contributed by atoms with Crippen molar-refractivity contribution in [1.82, 2.24) is 9.55 Å². The van der Waals surface area contributed by atoms with Crippen LogP contribution in [0.1, 0.15) is 54.9 Å². The summed E-state index contributed by atoms with van der Waals surface area (Å²) in [5, 5.41) is 9.91. The van der Waals surface area contributed by atoms with Crippen LogP contribution in [0.4, 0.5) is 18.9 Å². The summed E-state index contributed by atoms with van der Waals surface area (Å²) in [4.78, 5) is 31.1. The van der Waals surface area contributed by atoms with Crippen LogP contribution in [0, 0.1) is 0 Å². The zero-order valence-electron chi connectivity index (χ0n) is 21.0. The highest BCUT2D eigenvalue weighted by atomic mass is 35.5. The lowest BCUT2D eigenvalue weighted by Crippen LogP contribution is -2.55. The summed E-state index contributed by atoms with van der Waals surface area (Å²) in [5.41, 5.74) is -1.32. The van der Waals surface area contributed by atoms with Gasteiger partial charge in [0.25, 0.3) is 0 Å². The predicted octanol–water partition coefficient (Wildman–Crippen LogP) is 7.74. The van der Waals surface area contributed by atoms with Crippen LogP contribution in [0.3, 0.4) is 0 Å². The fourth-order valence-corrected chi connectivity index (χ4v) is 5.81. The lowest BCUT2D eigenvalue weighted by atomic mass is 9.85. The van der Waals surface area contributed by atoms with Gasteiger partial charge in [0.1, 0.15) is 11.5 Å². The summed E-state index contributed by atoms with van der Waals surface area (Å²) < 4.78 is 45.2. The molecule has 5 rings (SSSR count). The molecule has 6 nitrogen and oxygen atoms in total. The Hall–Kier alpha value is -3.85. The number of hydrogen-bond donors (Lipinski definition) is 1. The molecule has 202 valence electrons. The number of carboxylic acid groups (broad SMARTS) is 1. The minimum Gasteiger partial charge on any atom is -0.478 e. The molecule has 0 radical (unpaired) electrons. The standard InChI is InChI=1S/C29H25ClF3N3O3/c1-18(37)35(24-14-11-20(27(38)39)17-22(24)29(31,32)33)28(15-5-2-6-16-28)36-25-8-4-3-7-23(25)34-26(36)19-9-12-21(30)13-10-19/h3-4,7-14,17H,2,5-6,15-16H2,1H3,(H,38,39). The molecule has 1 heterocycles.